The lowest BCUT2D eigenvalue weighted by Crippen LogP contribution is -2.16. The molecule has 0 atom stereocenters. The number of ether oxygens (including phenoxy) is 1. The molecule has 1 amide bonds. The number of aromatic hydroxyl groups is 2. The lowest BCUT2D eigenvalue weighted by molar-refractivity contribution is 0.215. The maximum Gasteiger partial charge on any atom is 0.417 e. The van der Waals surface area contributed by atoms with E-state index in [9.17, 15) is 15.0 Å². The molecule has 2 aromatic rings. The monoisotopic (exact) mass is 275 g/mol. The minimum absolute atomic E-state index is 0.133. The van der Waals surface area contributed by atoms with Gasteiger partial charge in [0.15, 0.2) is 0 Å². The van der Waals surface area contributed by atoms with Gasteiger partial charge in [-0.15, -0.1) is 0 Å². The second-order valence-electron chi connectivity index (χ2n) is 4.01. The van der Waals surface area contributed by atoms with E-state index in [2.05, 4.69) is 5.32 Å². The topological polar surface area (TPSA) is 131 Å². The highest BCUT2D eigenvalue weighted by Gasteiger charge is 2.08. The average molecular weight is 275 g/mol. The second-order valence-corrected chi connectivity index (χ2v) is 4.01. The van der Waals surface area contributed by atoms with Gasteiger partial charge in [0.1, 0.15) is 17.2 Å². The minimum atomic E-state index is -0.779. The number of phenolic OH excluding ortho intramolecular Hbond substituents is 2. The summed E-state index contributed by atoms with van der Waals surface area (Å²) >= 11 is 0. The zero-order chi connectivity index (χ0) is 14.7. The molecule has 0 aromatic heterocycles. The number of hydrogen-bond acceptors (Lipinski definition) is 6. The van der Waals surface area contributed by atoms with Gasteiger partial charge in [-0.25, -0.2) is 4.79 Å². The van der Waals surface area contributed by atoms with Crippen molar-refractivity contribution in [2.45, 2.75) is 0 Å². The van der Waals surface area contributed by atoms with Crippen molar-refractivity contribution in [3.8, 4) is 17.2 Å². The first-order valence-electron chi connectivity index (χ1n) is 5.61. The fraction of sp³-hybridized carbons (Fsp3) is 0. The van der Waals surface area contributed by atoms with Gasteiger partial charge in [0.05, 0.1) is 11.4 Å². The number of rotatable bonds is 2. The van der Waals surface area contributed by atoms with E-state index < -0.39 is 6.09 Å². The first-order valence-corrected chi connectivity index (χ1v) is 5.61. The Bertz CT molecular complexity index is 603. The number of nitrogens with two attached hydrogens (primary N) is 2. The van der Waals surface area contributed by atoms with E-state index in [0.29, 0.717) is 5.69 Å². The lowest BCUT2D eigenvalue weighted by Gasteiger charge is -2.08. The summed E-state index contributed by atoms with van der Waals surface area (Å²) in [7, 11) is 0. The van der Waals surface area contributed by atoms with Crippen LogP contribution in [0, 0.1) is 0 Å². The van der Waals surface area contributed by atoms with Crippen LogP contribution in [0.1, 0.15) is 0 Å². The molecule has 0 aliphatic carbocycles. The van der Waals surface area contributed by atoms with Crippen molar-refractivity contribution < 1.29 is 19.7 Å². The zero-order valence-electron chi connectivity index (χ0n) is 10.3. The van der Waals surface area contributed by atoms with Crippen molar-refractivity contribution >= 4 is 23.2 Å². The molecular formula is C13H13N3O4. The normalized spacial score (nSPS) is 10.0. The summed E-state index contributed by atoms with van der Waals surface area (Å²) in [5, 5.41) is 21.2. The molecule has 0 saturated carbocycles. The first-order chi connectivity index (χ1) is 9.45. The largest absolute Gasteiger partial charge is 0.506 e. The van der Waals surface area contributed by atoms with Gasteiger partial charge in [-0.05, 0) is 24.3 Å². The minimum Gasteiger partial charge on any atom is -0.506 e. The molecular weight excluding hydrogens is 262 g/mol. The Morgan fingerprint density at radius 2 is 1.60 bits per heavy atom. The Labute approximate surface area is 114 Å². The number of nitrogens with one attached hydrogen (secondary N) is 1. The molecule has 0 radical (unpaired) electrons. The molecule has 0 heterocycles. The Morgan fingerprint density at radius 3 is 2.20 bits per heavy atom. The van der Waals surface area contributed by atoms with Gasteiger partial charge in [-0.2, -0.15) is 0 Å². The number of anilines is 3. The predicted octanol–water partition coefficient (Wildman–Crippen LogP) is 1.87. The van der Waals surface area contributed by atoms with E-state index in [-0.39, 0.29) is 28.6 Å². The number of carbonyl (C=O) groups is 1. The van der Waals surface area contributed by atoms with Crippen molar-refractivity contribution in [2.75, 3.05) is 16.8 Å². The van der Waals surface area contributed by atoms with E-state index in [4.69, 9.17) is 16.2 Å². The predicted molar refractivity (Wildman–Crippen MR) is 74.7 cm³/mol. The number of phenols is 2. The molecule has 20 heavy (non-hydrogen) atoms. The van der Waals surface area contributed by atoms with Gasteiger partial charge in [0.25, 0.3) is 0 Å². The Hall–Kier alpha value is -3.09. The molecule has 0 saturated heterocycles. The van der Waals surface area contributed by atoms with Crippen molar-refractivity contribution in [1.29, 1.82) is 0 Å². The zero-order valence-corrected chi connectivity index (χ0v) is 10.3. The Kier molecular flexibility index (Phi) is 3.52. The molecule has 2 aromatic carbocycles. The van der Waals surface area contributed by atoms with Crippen molar-refractivity contribution in [1.82, 2.24) is 0 Å². The van der Waals surface area contributed by atoms with Crippen LogP contribution in [0.5, 0.6) is 17.2 Å². The van der Waals surface area contributed by atoms with E-state index in [1.54, 1.807) is 0 Å². The first kappa shape index (κ1) is 13.3. The molecule has 7 heteroatoms. The molecule has 104 valence electrons. The molecule has 0 bridgehead atoms. The van der Waals surface area contributed by atoms with Crippen LogP contribution in [-0.4, -0.2) is 16.3 Å². The van der Waals surface area contributed by atoms with Gasteiger partial charge in [0.2, 0.25) is 0 Å². The SMILES string of the molecule is Nc1ccc(NC(=O)Oc2ccc(N)c(O)c2)cc1O. The van der Waals surface area contributed by atoms with Crippen LogP contribution in [0.25, 0.3) is 0 Å². The number of amides is 1. The van der Waals surface area contributed by atoms with Crippen LogP contribution in [0.2, 0.25) is 0 Å². The quantitative estimate of drug-likeness (QED) is 0.420. The number of nitrogen functional groups attached to an aromatic ring is 2. The molecule has 0 spiro atoms. The molecule has 7 nitrogen and oxygen atoms in total. The summed E-state index contributed by atoms with van der Waals surface area (Å²) in [6.07, 6.45) is -0.779. The fourth-order valence-corrected chi connectivity index (χ4v) is 1.46. The van der Waals surface area contributed by atoms with Crippen molar-refractivity contribution in [3.63, 3.8) is 0 Å². The fourth-order valence-electron chi connectivity index (χ4n) is 1.46. The number of carbonyl (C=O) groups excluding carboxylic acids is 1. The number of benzene rings is 2. The highest BCUT2D eigenvalue weighted by Crippen LogP contribution is 2.26. The highest BCUT2D eigenvalue weighted by atomic mass is 16.6. The van der Waals surface area contributed by atoms with Crippen LogP contribution < -0.4 is 21.5 Å². The Balaban J connectivity index is 2.04. The maximum atomic E-state index is 11.6. The summed E-state index contributed by atoms with van der Waals surface area (Å²) in [6.45, 7) is 0. The molecule has 7 N–H and O–H groups in total. The standard InChI is InChI=1S/C13H13N3O4/c14-9-3-1-7(5-11(9)17)16-13(19)20-8-2-4-10(15)12(18)6-8/h1-6,17-18H,14-15H2,(H,16,19). The van der Waals surface area contributed by atoms with E-state index in [1.807, 2.05) is 0 Å². The van der Waals surface area contributed by atoms with Gasteiger partial charge in [0, 0.05) is 17.8 Å². The molecule has 0 unspecified atom stereocenters. The van der Waals surface area contributed by atoms with Crippen LogP contribution in [0.3, 0.4) is 0 Å². The molecule has 0 fully saturated rings. The third-order valence-electron chi connectivity index (χ3n) is 2.49. The highest BCUT2D eigenvalue weighted by molar-refractivity contribution is 5.87. The van der Waals surface area contributed by atoms with Crippen LogP contribution in [0.15, 0.2) is 36.4 Å². The molecule has 0 aliphatic rings. The van der Waals surface area contributed by atoms with Crippen molar-refractivity contribution in [3.05, 3.63) is 36.4 Å². The van der Waals surface area contributed by atoms with Gasteiger partial charge >= 0.3 is 6.09 Å². The summed E-state index contributed by atoms with van der Waals surface area (Å²) in [5.41, 5.74) is 11.6. The van der Waals surface area contributed by atoms with Crippen LogP contribution in [-0.2, 0) is 0 Å². The second kappa shape index (κ2) is 5.27. The molecule has 0 aliphatic heterocycles. The lowest BCUT2D eigenvalue weighted by atomic mass is 10.2. The van der Waals surface area contributed by atoms with Crippen LogP contribution >= 0.6 is 0 Å². The van der Waals surface area contributed by atoms with Crippen molar-refractivity contribution in [2.24, 2.45) is 0 Å². The average Bonchev–Trinajstić information content (AvgIpc) is 2.38. The Morgan fingerprint density at radius 1 is 1.00 bits per heavy atom. The van der Waals surface area contributed by atoms with Gasteiger partial charge in [-0.3, -0.25) is 5.32 Å². The summed E-state index contributed by atoms with van der Waals surface area (Å²) in [5.74, 6) is -0.192. The summed E-state index contributed by atoms with van der Waals surface area (Å²) < 4.78 is 4.95. The van der Waals surface area contributed by atoms with E-state index in [0.717, 1.165) is 0 Å². The van der Waals surface area contributed by atoms with Gasteiger partial charge < -0.3 is 26.4 Å². The van der Waals surface area contributed by atoms with Crippen LogP contribution in [0.4, 0.5) is 21.9 Å². The number of hydrogen-bond donors (Lipinski definition) is 5. The third kappa shape index (κ3) is 3.02. The smallest absolute Gasteiger partial charge is 0.417 e. The summed E-state index contributed by atoms with van der Waals surface area (Å²) in [4.78, 5) is 11.6. The summed E-state index contributed by atoms with van der Waals surface area (Å²) in [6, 6.07) is 8.31. The van der Waals surface area contributed by atoms with Gasteiger partial charge in [-0.1, -0.05) is 0 Å². The maximum absolute atomic E-state index is 11.6. The van der Waals surface area contributed by atoms with E-state index >= 15 is 0 Å². The third-order valence-corrected chi connectivity index (χ3v) is 2.49. The molecule has 2 rings (SSSR count). The van der Waals surface area contributed by atoms with E-state index in [1.165, 1.54) is 36.4 Å².